The van der Waals surface area contributed by atoms with Crippen molar-refractivity contribution in [1.82, 2.24) is 0 Å². The third-order valence-electron chi connectivity index (χ3n) is 2.30. The van der Waals surface area contributed by atoms with E-state index >= 15 is 0 Å². The van der Waals surface area contributed by atoms with Gasteiger partial charge < -0.3 is 5.32 Å². The van der Waals surface area contributed by atoms with Gasteiger partial charge in [0.25, 0.3) is 0 Å². The highest BCUT2D eigenvalue weighted by Gasteiger charge is 2.49. The molecule has 0 radical (unpaired) electrons. The van der Waals surface area contributed by atoms with Gasteiger partial charge in [-0.2, -0.15) is 8.78 Å². The normalized spacial score (nSPS) is 11.7. The minimum Gasteiger partial charge on any atom is -0.320 e. The van der Waals surface area contributed by atoms with Gasteiger partial charge in [-0.15, -0.1) is 0 Å². The van der Waals surface area contributed by atoms with Crippen LogP contribution in [0.3, 0.4) is 0 Å². The fraction of sp³-hybridized carbons (Fsp3) is 0.364. The van der Waals surface area contributed by atoms with Gasteiger partial charge in [0.15, 0.2) is 0 Å². The largest absolute Gasteiger partial charge is 0.383 e. The number of carbonyl (C=O) groups is 1. The molecule has 0 saturated carbocycles. The van der Waals surface area contributed by atoms with Gasteiger partial charge in [-0.1, -0.05) is 18.2 Å². The molecule has 17 heavy (non-hydrogen) atoms. The number of hydrogen-bond donors (Lipinski definition) is 1. The van der Waals surface area contributed by atoms with E-state index in [0.29, 0.717) is 11.1 Å². The number of hydrogen-bond acceptors (Lipinski definition) is 1. The second-order valence-electron chi connectivity index (χ2n) is 3.64. The summed E-state index contributed by atoms with van der Waals surface area (Å²) in [6, 6.07) is 4.85. The standard InChI is InChI=1S/C11H11F4NO/c1-6-4-3-5-7(2)8(6)16-10(17)11(14,15)9(12)13/h3-5,9H,1-2H3,(H,16,17). The molecule has 0 atom stereocenters. The van der Waals surface area contributed by atoms with E-state index in [1.54, 1.807) is 32.0 Å². The van der Waals surface area contributed by atoms with E-state index < -0.39 is 18.3 Å². The molecule has 0 aliphatic heterocycles. The van der Waals surface area contributed by atoms with Crippen LogP contribution in [0, 0.1) is 13.8 Å². The van der Waals surface area contributed by atoms with Crippen molar-refractivity contribution in [3.63, 3.8) is 0 Å². The van der Waals surface area contributed by atoms with E-state index in [-0.39, 0.29) is 5.69 Å². The smallest absolute Gasteiger partial charge is 0.320 e. The lowest BCUT2D eigenvalue weighted by atomic mass is 10.1. The van der Waals surface area contributed by atoms with Crippen LogP contribution in [0.25, 0.3) is 0 Å². The highest BCUT2D eigenvalue weighted by Crippen LogP contribution is 2.27. The first-order chi connectivity index (χ1) is 7.76. The molecule has 0 bridgehead atoms. The Labute approximate surface area is 95.6 Å². The Morgan fingerprint density at radius 1 is 1.24 bits per heavy atom. The van der Waals surface area contributed by atoms with Gasteiger partial charge in [-0.3, -0.25) is 4.79 Å². The topological polar surface area (TPSA) is 29.1 Å². The summed E-state index contributed by atoms with van der Waals surface area (Å²) in [7, 11) is 0. The molecule has 0 spiro atoms. The van der Waals surface area contributed by atoms with Gasteiger partial charge in [0.05, 0.1) is 0 Å². The van der Waals surface area contributed by atoms with Crippen molar-refractivity contribution in [1.29, 1.82) is 0 Å². The molecule has 1 amide bonds. The van der Waals surface area contributed by atoms with E-state index in [9.17, 15) is 22.4 Å². The van der Waals surface area contributed by atoms with Crippen molar-refractivity contribution < 1.29 is 22.4 Å². The number of amides is 1. The zero-order valence-corrected chi connectivity index (χ0v) is 9.23. The number of alkyl halides is 4. The summed E-state index contributed by atoms with van der Waals surface area (Å²) in [6.07, 6.45) is -4.02. The average Bonchev–Trinajstić information content (AvgIpc) is 2.23. The number of anilines is 1. The Morgan fingerprint density at radius 3 is 2.12 bits per heavy atom. The third kappa shape index (κ3) is 2.75. The molecule has 1 aromatic rings. The fourth-order valence-electron chi connectivity index (χ4n) is 1.31. The second-order valence-corrected chi connectivity index (χ2v) is 3.64. The Morgan fingerprint density at radius 2 is 1.71 bits per heavy atom. The fourth-order valence-corrected chi connectivity index (χ4v) is 1.31. The summed E-state index contributed by atoms with van der Waals surface area (Å²) >= 11 is 0. The Hall–Kier alpha value is -1.59. The summed E-state index contributed by atoms with van der Waals surface area (Å²) in [5.74, 6) is -6.68. The van der Waals surface area contributed by atoms with E-state index in [2.05, 4.69) is 0 Å². The zero-order chi connectivity index (χ0) is 13.2. The van der Waals surface area contributed by atoms with Gasteiger partial charge in [0.1, 0.15) is 0 Å². The Bertz CT molecular complexity index is 411. The van der Waals surface area contributed by atoms with Crippen LogP contribution >= 0.6 is 0 Å². The molecular formula is C11H11F4NO. The lowest BCUT2D eigenvalue weighted by molar-refractivity contribution is -0.163. The first-order valence-corrected chi connectivity index (χ1v) is 4.80. The van der Waals surface area contributed by atoms with Gasteiger partial charge >= 0.3 is 18.3 Å². The van der Waals surface area contributed by atoms with E-state index in [1.807, 2.05) is 5.32 Å². The molecular weight excluding hydrogens is 238 g/mol. The molecule has 0 aliphatic carbocycles. The van der Waals surface area contributed by atoms with Crippen molar-refractivity contribution in [3.8, 4) is 0 Å². The molecule has 1 aromatic carbocycles. The molecule has 94 valence electrons. The van der Waals surface area contributed by atoms with Gasteiger partial charge in [-0.25, -0.2) is 8.78 Å². The van der Waals surface area contributed by atoms with Crippen molar-refractivity contribution >= 4 is 11.6 Å². The van der Waals surface area contributed by atoms with Crippen LogP contribution < -0.4 is 5.32 Å². The van der Waals surface area contributed by atoms with Gasteiger partial charge in [-0.05, 0) is 25.0 Å². The molecule has 0 saturated heterocycles. The van der Waals surface area contributed by atoms with Crippen LogP contribution in [-0.4, -0.2) is 18.3 Å². The molecule has 0 heterocycles. The number of benzene rings is 1. The maximum Gasteiger partial charge on any atom is 0.383 e. The maximum atomic E-state index is 12.7. The minimum atomic E-state index is -4.69. The van der Waals surface area contributed by atoms with E-state index in [4.69, 9.17) is 0 Å². The van der Waals surface area contributed by atoms with Crippen LogP contribution in [0.2, 0.25) is 0 Å². The number of rotatable bonds is 3. The summed E-state index contributed by atoms with van der Waals surface area (Å²) < 4.78 is 49.4. The number of carbonyl (C=O) groups excluding carboxylic acids is 1. The van der Waals surface area contributed by atoms with Crippen LogP contribution in [0.4, 0.5) is 23.2 Å². The van der Waals surface area contributed by atoms with Crippen LogP contribution in [0.15, 0.2) is 18.2 Å². The second kappa shape index (κ2) is 4.73. The van der Waals surface area contributed by atoms with Crippen LogP contribution in [-0.2, 0) is 4.79 Å². The third-order valence-corrected chi connectivity index (χ3v) is 2.30. The molecule has 0 aliphatic rings. The molecule has 0 aromatic heterocycles. The summed E-state index contributed by atoms with van der Waals surface area (Å²) in [4.78, 5) is 11.0. The molecule has 0 fully saturated rings. The average molecular weight is 249 g/mol. The molecule has 2 nitrogen and oxygen atoms in total. The monoisotopic (exact) mass is 249 g/mol. The van der Waals surface area contributed by atoms with Crippen LogP contribution in [0.5, 0.6) is 0 Å². The maximum absolute atomic E-state index is 12.7. The number of para-hydroxylation sites is 1. The molecule has 1 N–H and O–H groups in total. The van der Waals surface area contributed by atoms with E-state index in [1.165, 1.54) is 0 Å². The first-order valence-electron chi connectivity index (χ1n) is 4.80. The Balaban J connectivity index is 2.96. The highest BCUT2D eigenvalue weighted by molar-refractivity contribution is 5.97. The predicted octanol–water partition coefficient (Wildman–Crippen LogP) is 3.14. The number of aryl methyl sites for hydroxylation is 2. The van der Waals surface area contributed by atoms with Crippen molar-refractivity contribution in [3.05, 3.63) is 29.3 Å². The van der Waals surface area contributed by atoms with Crippen molar-refractivity contribution in [2.75, 3.05) is 5.32 Å². The minimum absolute atomic E-state index is 0.137. The number of nitrogens with one attached hydrogen (secondary N) is 1. The lowest BCUT2D eigenvalue weighted by Gasteiger charge is -2.17. The van der Waals surface area contributed by atoms with Crippen LogP contribution in [0.1, 0.15) is 11.1 Å². The quantitative estimate of drug-likeness (QED) is 0.819. The summed E-state index contributed by atoms with van der Waals surface area (Å²) in [5.41, 5.74) is 1.20. The molecule has 0 unspecified atom stereocenters. The predicted molar refractivity (Wildman–Crippen MR) is 55.5 cm³/mol. The summed E-state index contributed by atoms with van der Waals surface area (Å²) in [6.45, 7) is 3.17. The van der Waals surface area contributed by atoms with Crippen molar-refractivity contribution in [2.45, 2.75) is 26.2 Å². The SMILES string of the molecule is Cc1cccc(C)c1NC(=O)C(F)(F)C(F)F. The van der Waals surface area contributed by atoms with E-state index in [0.717, 1.165) is 0 Å². The van der Waals surface area contributed by atoms with Gasteiger partial charge in [0, 0.05) is 5.69 Å². The highest BCUT2D eigenvalue weighted by atomic mass is 19.3. The number of halogens is 4. The van der Waals surface area contributed by atoms with Crippen molar-refractivity contribution in [2.24, 2.45) is 0 Å². The Kier molecular flexibility index (Phi) is 3.75. The summed E-state index contributed by atoms with van der Waals surface area (Å²) in [5, 5.41) is 1.83. The zero-order valence-electron chi connectivity index (χ0n) is 9.23. The van der Waals surface area contributed by atoms with Gasteiger partial charge in [0.2, 0.25) is 0 Å². The first kappa shape index (κ1) is 13.5. The molecule has 1 rings (SSSR count). The molecule has 6 heteroatoms. The lowest BCUT2D eigenvalue weighted by Crippen LogP contribution is -2.41.